The summed E-state index contributed by atoms with van der Waals surface area (Å²) in [5.74, 6) is 1.31. The zero-order chi connectivity index (χ0) is 18.4. The Labute approximate surface area is 152 Å². The minimum atomic E-state index is -0.964. The second-order valence-electron chi connectivity index (χ2n) is 6.11. The van der Waals surface area contributed by atoms with Gasteiger partial charge < -0.3 is 15.2 Å². The number of hydrogen-bond donors (Lipinski definition) is 1. The molecule has 6 heteroatoms. The fraction of sp³-hybridized carbons (Fsp3) is 0.300. The maximum absolute atomic E-state index is 11.0. The Morgan fingerprint density at radius 3 is 2.42 bits per heavy atom. The predicted molar refractivity (Wildman–Crippen MR) is 98.6 cm³/mol. The summed E-state index contributed by atoms with van der Waals surface area (Å²) in [6, 6.07) is 14.9. The molecule has 0 heterocycles. The molecule has 0 spiro atoms. The lowest BCUT2D eigenvalue weighted by Gasteiger charge is -2.17. The number of nitrogens with zero attached hydrogens (tertiary/aromatic N) is 1. The molecule has 0 aromatic heterocycles. The van der Waals surface area contributed by atoms with Gasteiger partial charge >= 0.3 is 6.09 Å². The fourth-order valence-electron chi connectivity index (χ4n) is 3.06. The van der Waals surface area contributed by atoms with E-state index in [0.29, 0.717) is 17.2 Å². The summed E-state index contributed by atoms with van der Waals surface area (Å²) in [5.41, 5.74) is 7.10. The Balaban J connectivity index is 1.97. The number of hydrogen-bond acceptors (Lipinski definition) is 5. The topological polar surface area (TPSA) is 83.1 Å². The first-order valence-corrected chi connectivity index (χ1v) is 8.62. The number of carbonyl (C=O) groups excluding carboxylic acids is 1. The highest BCUT2D eigenvalue weighted by Gasteiger charge is 2.20. The van der Waals surface area contributed by atoms with Crippen LogP contribution < -0.4 is 15.2 Å². The molecule has 0 bridgehead atoms. The Bertz CT molecular complexity index is 784. The van der Waals surface area contributed by atoms with Crippen LogP contribution in [0.3, 0.4) is 0 Å². The van der Waals surface area contributed by atoms with Crippen molar-refractivity contribution >= 4 is 11.8 Å². The third-order valence-electron chi connectivity index (χ3n) is 4.31. The second kappa shape index (κ2) is 8.38. The molecule has 1 amide bonds. The maximum Gasteiger partial charge on any atom is 0.430 e. The Morgan fingerprint density at radius 1 is 1.04 bits per heavy atom. The van der Waals surface area contributed by atoms with Crippen LogP contribution in [0.25, 0.3) is 0 Å². The number of rotatable bonds is 6. The van der Waals surface area contributed by atoms with E-state index < -0.39 is 6.09 Å². The van der Waals surface area contributed by atoms with Crippen molar-refractivity contribution in [1.29, 1.82) is 0 Å². The molecule has 136 valence electrons. The fourth-order valence-corrected chi connectivity index (χ4v) is 3.06. The van der Waals surface area contributed by atoms with E-state index in [4.69, 9.17) is 20.0 Å². The highest BCUT2D eigenvalue weighted by molar-refractivity contribution is 6.13. The minimum absolute atomic E-state index is 0.193. The smallest absolute Gasteiger partial charge is 0.430 e. The van der Waals surface area contributed by atoms with Crippen molar-refractivity contribution in [3.8, 4) is 11.5 Å². The van der Waals surface area contributed by atoms with Crippen LogP contribution in [0.5, 0.6) is 11.5 Å². The lowest BCUT2D eigenvalue weighted by atomic mass is 10.0. The van der Waals surface area contributed by atoms with Crippen molar-refractivity contribution in [2.45, 2.75) is 31.8 Å². The summed E-state index contributed by atoms with van der Waals surface area (Å²) in [4.78, 5) is 15.7. The predicted octanol–water partition coefficient (Wildman–Crippen LogP) is 3.86. The van der Waals surface area contributed by atoms with E-state index in [-0.39, 0.29) is 6.10 Å². The molecule has 0 atom stereocenters. The molecule has 0 unspecified atom stereocenters. The average molecular weight is 354 g/mol. The van der Waals surface area contributed by atoms with Crippen molar-refractivity contribution < 1.29 is 19.1 Å². The molecule has 26 heavy (non-hydrogen) atoms. The summed E-state index contributed by atoms with van der Waals surface area (Å²) in [5, 5.41) is 3.94. The number of methoxy groups -OCH3 is 1. The number of ether oxygens (including phenoxy) is 2. The first kappa shape index (κ1) is 17.8. The van der Waals surface area contributed by atoms with E-state index in [1.165, 1.54) is 12.8 Å². The van der Waals surface area contributed by atoms with Gasteiger partial charge in [-0.1, -0.05) is 35.5 Å². The molecule has 1 saturated carbocycles. The van der Waals surface area contributed by atoms with Crippen LogP contribution in [0.2, 0.25) is 0 Å². The van der Waals surface area contributed by atoms with Gasteiger partial charge in [-0.25, -0.2) is 4.79 Å². The van der Waals surface area contributed by atoms with Crippen LogP contribution in [0, 0.1) is 0 Å². The molecule has 3 rings (SSSR count). The second-order valence-corrected chi connectivity index (χ2v) is 6.11. The number of carbonyl (C=O) groups is 1. The standard InChI is InChI=1S/C20H22N2O4/c1-24-17-12-11-15(13-18(17)25-16-9-5-6-10-16)19(22-26-20(21)23)14-7-3-2-4-8-14/h2-4,7-8,11-13,16H,5-6,9-10H2,1H3,(H2,21,23). The number of primary amides is 1. The minimum Gasteiger partial charge on any atom is -0.493 e. The van der Waals surface area contributed by atoms with Crippen LogP contribution in [-0.2, 0) is 4.84 Å². The van der Waals surface area contributed by atoms with Gasteiger partial charge in [0.05, 0.1) is 13.2 Å². The summed E-state index contributed by atoms with van der Waals surface area (Å²) < 4.78 is 11.6. The first-order chi connectivity index (χ1) is 12.7. The summed E-state index contributed by atoms with van der Waals surface area (Å²) in [6.07, 6.45) is 3.66. The van der Waals surface area contributed by atoms with Crippen LogP contribution in [0.1, 0.15) is 36.8 Å². The molecule has 0 aliphatic heterocycles. The van der Waals surface area contributed by atoms with E-state index in [1.807, 2.05) is 48.5 Å². The highest BCUT2D eigenvalue weighted by Crippen LogP contribution is 2.33. The summed E-state index contributed by atoms with van der Waals surface area (Å²) >= 11 is 0. The molecule has 1 aliphatic carbocycles. The lowest BCUT2D eigenvalue weighted by molar-refractivity contribution is 0.162. The molecule has 6 nitrogen and oxygen atoms in total. The van der Waals surface area contributed by atoms with Crippen LogP contribution in [0.4, 0.5) is 4.79 Å². The zero-order valence-electron chi connectivity index (χ0n) is 14.7. The monoisotopic (exact) mass is 354 g/mol. The summed E-state index contributed by atoms with van der Waals surface area (Å²) in [6.45, 7) is 0. The largest absolute Gasteiger partial charge is 0.493 e. The number of oxime groups is 1. The Hall–Kier alpha value is -3.02. The SMILES string of the molecule is COc1ccc(C(=NOC(N)=O)c2ccccc2)cc1OC1CCCC1. The van der Waals surface area contributed by atoms with Gasteiger partial charge in [-0.15, -0.1) is 0 Å². The third kappa shape index (κ3) is 4.33. The molecule has 2 aromatic carbocycles. The number of benzene rings is 2. The van der Waals surface area contributed by atoms with E-state index in [0.717, 1.165) is 24.0 Å². The number of amides is 1. The van der Waals surface area contributed by atoms with Crippen LogP contribution in [0.15, 0.2) is 53.7 Å². The van der Waals surface area contributed by atoms with Gasteiger partial charge in [0.1, 0.15) is 5.71 Å². The lowest BCUT2D eigenvalue weighted by Crippen LogP contribution is -2.14. The normalized spacial score (nSPS) is 14.9. The number of nitrogens with two attached hydrogens (primary N) is 1. The van der Waals surface area contributed by atoms with Gasteiger partial charge in [-0.05, 0) is 43.9 Å². The average Bonchev–Trinajstić information content (AvgIpc) is 3.16. The van der Waals surface area contributed by atoms with Gasteiger partial charge in [-0.3, -0.25) is 4.84 Å². The van der Waals surface area contributed by atoms with Crippen molar-refractivity contribution in [3.63, 3.8) is 0 Å². The van der Waals surface area contributed by atoms with E-state index >= 15 is 0 Å². The van der Waals surface area contributed by atoms with Gasteiger partial charge in [-0.2, -0.15) is 0 Å². The zero-order valence-corrected chi connectivity index (χ0v) is 14.7. The molecule has 1 fully saturated rings. The molecular formula is C20H22N2O4. The quantitative estimate of drug-likeness (QED) is 0.485. The van der Waals surface area contributed by atoms with E-state index in [9.17, 15) is 4.79 Å². The molecular weight excluding hydrogens is 332 g/mol. The van der Waals surface area contributed by atoms with Crippen molar-refractivity contribution in [3.05, 3.63) is 59.7 Å². The highest BCUT2D eigenvalue weighted by atomic mass is 16.7. The molecule has 0 saturated heterocycles. The molecule has 2 aromatic rings. The third-order valence-corrected chi connectivity index (χ3v) is 4.31. The molecule has 0 radical (unpaired) electrons. The van der Waals surface area contributed by atoms with Gasteiger partial charge in [0, 0.05) is 11.1 Å². The summed E-state index contributed by atoms with van der Waals surface area (Å²) in [7, 11) is 1.61. The van der Waals surface area contributed by atoms with E-state index in [1.54, 1.807) is 7.11 Å². The van der Waals surface area contributed by atoms with Gasteiger partial charge in [0.15, 0.2) is 11.5 Å². The van der Waals surface area contributed by atoms with E-state index in [2.05, 4.69) is 5.16 Å². The van der Waals surface area contributed by atoms with Crippen molar-refractivity contribution in [2.75, 3.05) is 7.11 Å². The van der Waals surface area contributed by atoms with Gasteiger partial charge in [0.25, 0.3) is 0 Å². The molecule has 2 N–H and O–H groups in total. The van der Waals surface area contributed by atoms with Crippen LogP contribution in [-0.4, -0.2) is 25.0 Å². The van der Waals surface area contributed by atoms with Gasteiger partial charge in [0.2, 0.25) is 0 Å². The van der Waals surface area contributed by atoms with Crippen molar-refractivity contribution in [2.24, 2.45) is 10.9 Å². The van der Waals surface area contributed by atoms with Crippen molar-refractivity contribution in [1.82, 2.24) is 0 Å². The van der Waals surface area contributed by atoms with Crippen LogP contribution >= 0.6 is 0 Å². The Kier molecular flexibility index (Phi) is 5.73. The maximum atomic E-state index is 11.0. The Morgan fingerprint density at radius 2 is 1.77 bits per heavy atom. The first-order valence-electron chi connectivity index (χ1n) is 8.62. The molecule has 1 aliphatic rings.